The number of alkyl halides is 1. The summed E-state index contributed by atoms with van der Waals surface area (Å²) >= 11 is 3.02. The third-order valence-electron chi connectivity index (χ3n) is 3.24. The second-order valence-corrected chi connectivity index (χ2v) is 5.32. The van der Waals surface area contributed by atoms with Crippen molar-refractivity contribution in [3.63, 3.8) is 0 Å². The minimum absolute atomic E-state index is 0.0223. The number of rotatable bonds is 4. The first-order chi connectivity index (χ1) is 11.1. The summed E-state index contributed by atoms with van der Waals surface area (Å²) in [5.41, 5.74) is 0.0829. The molecule has 23 heavy (non-hydrogen) atoms. The number of carbonyl (C=O) groups is 1. The van der Waals surface area contributed by atoms with Crippen LogP contribution in [0, 0.1) is 11.6 Å². The molecule has 0 saturated heterocycles. The van der Waals surface area contributed by atoms with Crippen LogP contribution in [0.4, 0.5) is 8.78 Å². The van der Waals surface area contributed by atoms with Gasteiger partial charge in [0.2, 0.25) is 0 Å². The first kappa shape index (κ1) is 15.6. The smallest absolute Gasteiger partial charge is 0.180 e. The molecule has 1 heterocycles. The Kier molecular flexibility index (Phi) is 4.34. The minimum atomic E-state index is -0.660. The molecule has 0 radical (unpaired) electrons. The normalized spacial score (nSPS) is 10.7. The Bertz CT molecular complexity index is 899. The molecule has 0 aliphatic rings. The summed E-state index contributed by atoms with van der Waals surface area (Å²) in [6.07, 6.45) is 1.33. The number of halogens is 3. The molecule has 0 amide bonds. The maximum absolute atomic E-state index is 13.9. The number of ether oxygens (including phenoxy) is 1. The largest absolute Gasteiger partial charge is 0.455 e. The number of Topliss-reactive ketones (excluding diaryl/α,β-unsaturated/α-hetero) is 1. The third kappa shape index (κ3) is 3.07. The lowest BCUT2D eigenvalue weighted by molar-refractivity contribution is 0.101. The Labute approximate surface area is 139 Å². The molecule has 0 aliphatic heterocycles. The SMILES string of the molecule is O=C(CBr)c1c(F)cccc1Oc1cnc2c(F)cccc2c1. The number of ketones is 1. The summed E-state index contributed by atoms with van der Waals surface area (Å²) in [4.78, 5) is 15.9. The molecular weight excluding hydrogens is 368 g/mol. The summed E-state index contributed by atoms with van der Waals surface area (Å²) in [5.74, 6) is -1.15. The molecule has 2 aromatic carbocycles. The first-order valence-corrected chi connectivity index (χ1v) is 7.82. The summed E-state index contributed by atoms with van der Waals surface area (Å²) in [5, 5.41) is 0.526. The lowest BCUT2D eigenvalue weighted by Crippen LogP contribution is -2.06. The van der Waals surface area contributed by atoms with Crippen LogP contribution in [-0.4, -0.2) is 16.1 Å². The minimum Gasteiger partial charge on any atom is -0.455 e. The number of hydrogen-bond acceptors (Lipinski definition) is 3. The van der Waals surface area contributed by atoms with Gasteiger partial charge < -0.3 is 4.74 Å². The van der Waals surface area contributed by atoms with E-state index in [4.69, 9.17) is 4.74 Å². The summed E-state index contributed by atoms with van der Waals surface area (Å²) in [7, 11) is 0. The molecule has 0 fully saturated rings. The van der Waals surface area contributed by atoms with E-state index in [0.717, 1.165) is 0 Å². The number of para-hydroxylation sites is 1. The van der Waals surface area contributed by atoms with Crippen LogP contribution in [0.25, 0.3) is 10.9 Å². The topological polar surface area (TPSA) is 39.2 Å². The number of hydrogen-bond donors (Lipinski definition) is 0. The highest BCUT2D eigenvalue weighted by molar-refractivity contribution is 9.09. The zero-order valence-corrected chi connectivity index (χ0v) is 13.3. The molecule has 0 atom stereocenters. The van der Waals surface area contributed by atoms with Crippen LogP contribution < -0.4 is 4.74 Å². The fraction of sp³-hybridized carbons (Fsp3) is 0.0588. The number of pyridine rings is 1. The van der Waals surface area contributed by atoms with Gasteiger partial charge in [0.05, 0.1) is 17.1 Å². The van der Waals surface area contributed by atoms with Crippen LogP contribution in [0.3, 0.4) is 0 Å². The number of fused-ring (bicyclic) bond motifs is 1. The molecule has 0 bridgehead atoms. The van der Waals surface area contributed by atoms with E-state index < -0.39 is 17.4 Å². The maximum atomic E-state index is 13.9. The Balaban J connectivity index is 2.03. The molecule has 3 aromatic rings. The van der Waals surface area contributed by atoms with Gasteiger partial charge in [-0.05, 0) is 24.3 Å². The molecule has 0 saturated carbocycles. The average Bonchev–Trinajstić information content (AvgIpc) is 2.54. The molecule has 1 aromatic heterocycles. The van der Waals surface area contributed by atoms with Crippen LogP contribution in [0.5, 0.6) is 11.5 Å². The Morgan fingerprint density at radius 2 is 1.87 bits per heavy atom. The van der Waals surface area contributed by atoms with Gasteiger partial charge in [0.15, 0.2) is 5.78 Å². The highest BCUT2D eigenvalue weighted by atomic mass is 79.9. The number of aromatic nitrogens is 1. The van der Waals surface area contributed by atoms with Crippen LogP contribution in [-0.2, 0) is 0 Å². The fourth-order valence-corrected chi connectivity index (χ4v) is 2.49. The van der Waals surface area contributed by atoms with Crippen molar-refractivity contribution in [3.8, 4) is 11.5 Å². The van der Waals surface area contributed by atoms with Gasteiger partial charge in [-0.15, -0.1) is 0 Å². The highest BCUT2D eigenvalue weighted by Crippen LogP contribution is 2.29. The predicted octanol–water partition coefficient (Wildman–Crippen LogP) is 4.88. The van der Waals surface area contributed by atoms with E-state index in [2.05, 4.69) is 20.9 Å². The third-order valence-corrected chi connectivity index (χ3v) is 3.75. The maximum Gasteiger partial charge on any atom is 0.180 e. The number of nitrogens with zero attached hydrogens (tertiary/aromatic N) is 1. The van der Waals surface area contributed by atoms with Crippen molar-refractivity contribution in [3.05, 3.63) is 65.9 Å². The second-order valence-electron chi connectivity index (χ2n) is 4.75. The van der Waals surface area contributed by atoms with E-state index in [9.17, 15) is 13.6 Å². The molecule has 0 N–H and O–H groups in total. The van der Waals surface area contributed by atoms with Crippen molar-refractivity contribution >= 4 is 32.6 Å². The van der Waals surface area contributed by atoms with Crippen molar-refractivity contribution in [2.75, 3.05) is 5.33 Å². The Hall–Kier alpha value is -2.34. The molecular formula is C17H10BrF2NO2. The van der Waals surface area contributed by atoms with E-state index in [0.29, 0.717) is 5.39 Å². The van der Waals surface area contributed by atoms with E-state index in [1.807, 2.05) is 0 Å². The van der Waals surface area contributed by atoms with Gasteiger partial charge in [-0.3, -0.25) is 4.79 Å². The van der Waals surface area contributed by atoms with Crippen molar-refractivity contribution in [1.82, 2.24) is 4.98 Å². The first-order valence-electron chi connectivity index (χ1n) is 6.70. The Morgan fingerprint density at radius 3 is 2.65 bits per heavy atom. The van der Waals surface area contributed by atoms with Crippen LogP contribution >= 0.6 is 15.9 Å². The summed E-state index contributed by atoms with van der Waals surface area (Å²) < 4.78 is 33.1. The molecule has 0 spiro atoms. The standard InChI is InChI=1S/C17H10BrF2NO2/c18-8-14(22)16-12(19)4-2-6-15(16)23-11-7-10-3-1-5-13(20)17(10)21-9-11/h1-7,9H,8H2. The molecule has 116 valence electrons. The van der Waals surface area contributed by atoms with Crippen molar-refractivity contribution < 1.29 is 18.3 Å². The van der Waals surface area contributed by atoms with E-state index in [-0.39, 0.29) is 27.9 Å². The van der Waals surface area contributed by atoms with E-state index in [1.165, 1.54) is 30.5 Å². The van der Waals surface area contributed by atoms with Gasteiger partial charge in [0.25, 0.3) is 0 Å². The summed E-state index contributed by atoms with van der Waals surface area (Å²) in [6.45, 7) is 0. The van der Waals surface area contributed by atoms with Crippen molar-refractivity contribution in [2.45, 2.75) is 0 Å². The molecule has 3 rings (SSSR count). The fourth-order valence-electron chi connectivity index (χ4n) is 2.21. The van der Waals surface area contributed by atoms with Crippen LogP contribution in [0.1, 0.15) is 10.4 Å². The molecule has 0 aliphatic carbocycles. The quantitative estimate of drug-likeness (QED) is 0.480. The van der Waals surface area contributed by atoms with Gasteiger partial charge in [-0.1, -0.05) is 34.1 Å². The van der Waals surface area contributed by atoms with Gasteiger partial charge in [-0.25, -0.2) is 13.8 Å². The predicted molar refractivity (Wildman–Crippen MR) is 86.3 cm³/mol. The number of carbonyl (C=O) groups excluding carboxylic acids is 1. The molecule has 3 nitrogen and oxygen atoms in total. The molecule has 0 unspecified atom stereocenters. The lowest BCUT2D eigenvalue weighted by Gasteiger charge is -2.11. The Morgan fingerprint density at radius 1 is 1.13 bits per heavy atom. The second kappa shape index (κ2) is 6.42. The van der Waals surface area contributed by atoms with Gasteiger partial charge >= 0.3 is 0 Å². The van der Waals surface area contributed by atoms with Crippen molar-refractivity contribution in [2.24, 2.45) is 0 Å². The van der Waals surface area contributed by atoms with Gasteiger partial charge in [0, 0.05) is 5.39 Å². The monoisotopic (exact) mass is 377 g/mol. The number of benzene rings is 2. The lowest BCUT2D eigenvalue weighted by atomic mass is 10.1. The van der Waals surface area contributed by atoms with Gasteiger partial charge in [0.1, 0.15) is 28.7 Å². The van der Waals surface area contributed by atoms with Crippen molar-refractivity contribution in [1.29, 1.82) is 0 Å². The zero-order valence-electron chi connectivity index (χ0n) is 11.7. The van der Waals surface area contributed by atoms with E-state index in [1.54, 1.807) is 18.2 Å². The highest BCUT2D eigenvalue weighted by Gasteiger charge is 2.17. The van der Waals surface area contributed by atoms with E-state index >= 15 is 0 Å². The van der Waals surface area contributed by atoms with Crippen LogP contribution in [0.2, 0.25) is 0 Å². The van der Waals surface area contributed by atoms with Gasteiger partial charge in [-0.2, -0.15) is 0 Å². The van der Waals surface area contributed by atoms with Crippen LogP contribution in [0.15, 0.2) is 48.7 Å². The molecule has 6 heteroatoms. The zero-order chi connectivity index (χ0) is 16.4. The summed E-state index contributed by atoms with van der Waals surface area (Å²) in [6, 6.07) is 10.3. The average molecular weight is 378 g/mol.